The number of hydrogen-bond donors (Lipinski definition) is 1. The van der Waals surface area contributed by atoms with Crippen molar-refractivity contribution in [3.05, 3.63) is 30.3 Å². The fourth-order valence-electron chi connectivity index (χ4n) is 1.19. The summed E-state index contributed by atoms with van der Waals surface area (Å²) in [6.45, 7) is 6.32. The average molecular weight is 214 g/mol. The molecule has 0 saturated carbocycles. The summed E-state index contributed by atoms with van der Waals surface area (Å²) in [6.07, 6.45) is 7.91. The van der Waals surface area contributed by atoms with Gasteiger partial charge in [-0.05, 0) is 19.4 Å². The molecule has 1 heterocycles. The van der Waals surface area contributed by atoms with E-state index in [9.17, 15) is 0 Å². The number of aromatic nitrogens is 2. The lowest BCUT2D eigenvalue weighted by atomic mass is 10.3. The standard InChI is InChI=1S/C10H16ClN3/c1-10(11)8-12-4-2-3-6-14-7-5-13-9-14/h5,7,9,12H,1-4,6,8H2. The van der Waals surface area contributed by atoms with E-state index in [1.54, 1.807) is 6.20 Å². The predicted octanol–water partition coefficient (Wildman–Crippen LogP) is 2.01. The summed E-state index contributed by atoms with van der Waals surface area (Å²) < 4.78 is 2.08. The lowest BCUT2D eigenvalue weighted by Gasteiger charge is -2.03. The molecule has 0 spiro atoms. The Morgan fingerprint density at radius 3 is 3.00 bits per heavy atom. The molecule has 0 atom stereocenters. The van der Waals surface area contributed by atoms with E-state index in [-0.39, 0.29) is 0 Å². The maximum Gasteiger partial charge on any atom is 0.0945 e. The molecule has 0 saturated heterocycles. The van der Waals surface area contributed by atoms with Crippen LogP contribution in [0.4, 0.5) is 0 Å². The first-order chi connectivity index (χ1) is 6.79. The monoisotopic (exact) mass is 213 g/mol. The summed E-state index contributed by atoms with van der Waals surface area (Å²) in [4.78, 5) is 3.98. The number of unbranched alkanes of at least 4 members (excludes halogenated alkanes) is 1. The van der Waals surface area contributed by atoms with Crippen LogP contribution in [0.2, 0.25) is 0 Å². The minimum absolute atomic E-state index is 0.666. The normalized spacial score (nSPS) is 10.4. The average Bonchev–Trinajstić information content (AvgIpc) is 2.63. The summed E-state index contributed by atoms with van der Waals surface area (Å²) in [5.74, 6) is 0. The van der Waals surface area contributed by atoms with Crippen LogP contribution in [-0.4, -0.2) is 22.6 Å². The van der Waals surface area contributed by atoms with E-state index in [0.717, 1.165) is 25.9 Å². The number of halogens is 1. The van der Waals surface area contributed by atoms with Gasteiger partial charge in [-0.2, -0.15) is 0 Å². The molecule has 3 nitrogen and oxygen atoms in total. The number of hydrogen-bond acceptors (Lipinski definition) is 2. The number of imidazole rings is 1. The highest BCUT2D eigenvalue weighted by molar-refractivity contribution is 6.29. The van der Waals surface area contributed by atoms with Gasteiger partial charge in [-0.15, -0.1) is 0 Å². The van der Waals surface area contributed by atoms with E-state index < -0.39 is 0 Å². The van der Waals surface area contributed by atoms with Crippen molar-refractivity contribution in [2.75, 3.05) is 13.1 Å². The van der Waals surface area contributed by atoms with Crippen molar-refractivity contribution in [2.45, 2.75) is 19.4 Å². The summed E-state index contributed by atoms with van der Waals surface area (Å²) in [6, 6.07) is 0. The largest absolute Gasteiger partial charge is 0.337 e. The maximum atomic E-state index is 5.60. The number of nitrogens with one attached hydrogen (secondary N) is 1. The second kappa shape index (κ2) is 6.62. The minimum Gasteiger partial charge on any atom is -0.337 e. The highest BCUT2D eigenvalue weighted by Crippen LogP contribution is 1.95. The summed E-state index contributed by atoms with van der Waals surface area (Å²) in [5.41, 5.74) is 0. The number of rotatable bonds is 7. The van der Waals surface area contributed by atoms with Crippen LogP contribution in [0, 0.1) is 0 Å². The Bertz CT molecular complexity index is 256. The molecule has 0 aromatic carbocycles. The van der Waals surface area contributed by atoms with Gasteiger partial charge >= 0.3 is 0 Å². The van der Waals surface area contributed by atoms with Gasteiger partial charge in [0.05, 0.1) is 6.33 Å². The Labute approximate surface area is 89.8 Å². The van der Waals surface area contributed by atoms with Crippen LogP contribution in [0.15, 0.2) is 30.3 Å². The van der Waals surface area contributed by atoms with Crippen molar-refractivity contribution in [3.8, 4) is 0 Å². The van der Waals surface area contributed by atoms with Gasteiger partial charge < -0.3 is 9.88 Å². The SMILES string of the molecule is C=C(Cl)CNCCCCn1ccnc1. The first-order valence-corrected chi connectivity index (χ1v) is 5.16. The summed E-state index contributed by atoms with van der Waals surface area (Å²) >= 11 is 5.60. The zero-order chi connectivity index (χ0) is 10.2. The molecule has 1 aromatic heterocycles. The van der Waals surface area contributed by atoms with E-state index in [1.807, 2.05) is 12.5 Å². The third-order valence-electron chi connectivity index (χ3n) is 1.90. The van der Waals surface area contributed by atoms with Crippen LogP contribution < -0.4 is 5.32 Å². The Morgan fingerprint density at radius 2 is 2.36 bits per heavy atom. The van der Waals surface area contributed by atoms with Crippen LogP contribution in [-0.2, 0) is 6.54 Å². The Morgan fingerprint density at radius 1 is 1.50 bits per heavy atom. The highest BCUT2D eigenvalue weighted by atomic mass is 35.5. The second-order valence-electron chi connectivity index (χ2n) is 3.20. The Hall–Kier alpha value is -0.800. The Balaban J connectivity index is 1.92. The zero-order valence-corrected chi connectivity index (χ0v) is 9.00. The molecule has 0 fully saturated rings. The molecule has 0 aliphatic rings. The molecule has 0 radical (unpaired) electrons. The lowest BCUT2D eigenvalue weighted by molar-refractivity contribution is 0.581. The topological polar surface area (TPSA) is 29.9 Å². The van der Waals surface area contributed by atoms with Gasteiger partial charge in [-0.1, -0.05) is 18.2 Å². The molecule has 0 bridgehead atoms. The number of nitrogens with zero attached hydrogens (tertiary/aromatic N) is 2. The van der Waals surface area contributed by atoms with E-state index >= 15 is 0 Å². The fourth-order valence-corrected chi connectivity index (χ4v) is 1.28. The summed E-state index contributed by atoms with van der Waals surface area (Å²) in [5, 5.41) is 3.87. The van der Waals surface area contributed by atoms with Crippen LogP contribution in [0.25, 0.3) is 0 Å². The smallest absolute Gasteiger partial charge is 0.0945 e. The van der Waals surface area contributed by atoms with Crippen LogP contribution in [0.5, 0.6) is 0 Å². The van der Waals surface area contributed by atoms with Crippen molar-refractivity contribution in [2.24, 2.45) is 0 Å². The van der Waals surface area contributed by atoms with Crippen molar-refractivity contribution >= 4 is 11.6 Å². The van der Waals surface area contributed by atoms with Crippen molar-refractivity contribution in [1.82, 2.24) is 14.9 Å². The molecule has 0 amide bonds. The fraction of sp³-hybridized carbons (Fsp3) is 0.500. The molecule has 0 aliphatic carbocycles. The first-order valence-electron chi connectivity index (χ1n) is 4.79. The first kappa shape index (κ1) is 11.3. The highest BCUT2D eigenvalue weighted by Gasteiger charge is 1.91. The third kappa shape index (κ3) is 5.04. The molecule has 1 rings (SSSR count). The molecule has 78 valence electrons. The van der Waals surface area contributed by atoms with E-state index in [1.165, 1.54) is 0 Å². The van der Waals surface area contributed by atoms with Gasteiger partial charge in [0, 0.05) is 30.5 Å². The molecule has 0 unspecified atom stereocenters. The molecule has 1 aromatic rings. The quantitative estimate of drug-likeness (QED) is 0.703. The third-order valence-corrected chi connectivity index (χ3v) is 2.03. The molecule has 14 heavy (non-hydrogen) atoms. The van der Waals surface area contributed by atoms with Gasteiger partial charge in [-0.25, -0.2) is 4.98 Å². The van der Waals surface area contributed by atoms with E-state index in [2.05, 4.69) is 21.4 Å². The molecular formula is C10H16ClN3. The molecule has 1 N–H and O–H groups in total. The van der Waals surface area contributed by atoms with Gasteiger partial charge in [0.25, 0.3) is 0 Å². The van der Waals surface area contributed by atoms with Crippen molar-refractivity contribution < 1.29 is 0 Å². The lowest BCUT2D eigenvalue weighted by Crippen LogP contribution is -2.16. The molecule has 0 aliphatic heterocycles. The van der Waals surface area contributed by atoms with Crippen LogP contribution in [0.1, 0.15) is 12.8 Å². The second-order valence-corrected chi connectivity index (χ2v) is 3.74. The van der Waals surface area contributed by atoms with Crippen molar-refractivity contribution in [3.63, 3.8) is 0 Å². The molecular weight excluding hydrogens is 198 g/mol. The zero-order valence-electron chi connectivity index (χ0n) is 8.25. The minimum atomic E-state index is 0.666. The van der Waals surface area contributed by atoms with Crippen LogP contribution >= 0.6 is 11.6 Å². The van der Waals surface area contributed by atoms with Gasteiger partial charge in [0.2, 0.25) is 0 Å². The number of aryl methyl sites for hydroxylation is 1. The predicted molar refractivity (Wildman–Crippen MR) is 59.3 cm³/mol. The van der Waals surface area contributed by atoms with E-state index in [4.69, 9.17) is 11.6 Å². The maximum absolute atomic E-state index is 5.60. The summed E-state index contributed by atoms with van der Waals surface area (Å²) in [7, 11) is 0. The van der Waals surface area contributed by atoms with Gasteiger partial charge in [0.15, 0.2) is 0 Å². The molecule has 4 heteroatoms. The van der Waals surface area contributed by atoms with Crippen LogP contribution in [0.3, 0.4) is 0 Å². The van der Waals surface area contributed by atoms with Crippen molar-refractivity contribution in [1.29, 1.82) is 0 Å². The Kier molecular flexibility index (Phi) is 5.33. The van der Waals surface area contributed by atoms with Gasteiger partial charge in [-0.3, -0.25) is 0 Å². The van der Waals surface area contributed by atoms with Gasteiger partial charge in [0.1, 0.15) is 0 Å². The van der Waals surface area contributed by atoms with E-state index in [0.29, 0.717) is 11.6 Å².